The van der Waals surface area contributed by atoms with E-state index in [0.29, 0.717) is 13.0 Å². The fourth-order valence-corrected chi connectivity index (χ4v) is 3.76. The van der Waals surface area contributed by atoms with E-state index in [1.807, 2.05) is 36.4 Å². The highest BCUT2D eigenvalue weighted by Crippen LogP contribution is 2.48. The monoisotopic (exact) mass is 359 g/mol. The van der Waals surface area contributed by atoms with Crippen molar-refractivity contribution in [2.24, 2.45) is 22.9 Å². The summed E-state index contributed by atoms with van der Waals surface area (Å²) in [7, 11) is 0. The number of hydrogen-bond donors (Lipinski definition) is 3. The van der Waals surface area contributed by atoms with Crippen molar-refractivity contribution in [3.63, 3.8) is 0 Å². The average Bonchev–Trinajstić information content (AvgIpc) is 2.87. The van der Waals surface area contributed by atoms with E-state index in [-0.39, 0.29) is 24.2 Å². The molecule has 2 saturated carbocycles. The van der Waals surface area contributed by atoms with Crippen LogP contribution < -0.4 is 0 Å². The average molecular weight is 359 g/mol. The lowest BCUT2D eigenvalue weighted by Crippen LogP contribution is -2.38. The molecule has 1 aromatic carbocycles. The van der Waals surface area contributed by atoms with Crippen molar-refractivity contribution < 1.29 is 25.0 Å². The Hall–Kier alpha value is -2.18. The summed E-state index contributed by atoms with van der Waals surface area (Å²) in [6, 6.07) is 9.42. The van der Waals surface area contributed by atoms with Gasteiger partial charge in [-0.1, -0.05) is 47.6 Å². The van der Waals surface area contributed by atoms with Gasteiger partial charge in [0.05, 0.1) is 17.9 Å². The first-order valence-corrected chi connectivity index (χ1v) is 9.06. The number of aliphatic hydroxyl groups is 2. The van der Waals surface area contributed by atoms with E-state index in [9.17, 15) is 15.0 Å². The number of hydrogen-bond acceptors (Lipinski definition) is 5. The Kier molecular flexibility index (Phi) is 6.06. The van der Waals surface area contributed by atoms with Gasteiger partial charge < -0.3 is 20.2 Å². The van der Waals surface area contributed by atoms with E-state index in [1.165, 1.54) is 0 Å². The number of nitrogens with zero attached hydrogens (tertiary/aromatic N) is 1. The Bertz CT molecular complexity index is 672. The highest BCUT2D eigenvalue weighted by Gasteiger charge is 2.51. The molecule has 0 aromatic heterocycles. The Morgan fingerprint density at radius 2 is 2.12 bits per heavy atom. The molecule has 0 bridgehead atoms. The zero-order chi connectivity index (χ0) is 18.5. The molecule has 3 unspecified atom stereocenters. The molecule has 2 fully saturated rings. The normalized spacial score (nSPS) is 30.2. The molecule has 0 radical (unpaired) electrons. The lowest BCUT2D eigenvalue weighted by Gasteiger charge is -2.33. The number of aliphatic carboxylic acids is 1. The number of carbonyl (C=O) groups is 1. The largest absolute Gasteiger partial charge is 0.481 e. The molecule has 6 nitrogen and oxygen atoms in total. The van der Waals surface area contributed by atoms with Crippen LogP contribution in [0.1, 0.15) is 37.4 Å². The maximum atomic E-state index is 10.5. The number of carboxylic acid groups (broad SMARTS) is 1. The van der Waals surface area contributed by atoms with Crippen molar-refractivity contribution in [2.45, 2.75) is 37.9 Å². The van der Waals surface area contributed by atoms with Crippen LogP contribution >= 0.6 is 0 Å². The standard InChI is InChI=1S/C20H25NO5/c22-18(13-5-2-1-3-6-13)9-8-14-11-15-16(20(14)25)12-17(15)21-26-10-4-7-19(23)24/h1-3,5-6,8-9,14-16,18,20,22,25H,4,7,10-12H2,(H,23,24)/t14?,15-,16+,18?,20?/m0/s1. The second kappa shape index (κ2) is 8.47. The van der Waals surface area contributed by atoms with Crippen LogP contribution in [0.25, 0.3) is 0 Å². The molecule has 2 aliphatic rings. The third kappa shape index (κ3) is 4.31. The summed E-state index contributed by atoms with van der Waals surface area (Å²) in [5, 5.41) is 33.4. The molecule has 140 valence electrons. The number of fused-ring (bicyclic) bond motifs is 1. The summed E-state index contributed by atoms with van der Waals surface area (Å²) in [4.78, 5) is 15.6. The molecule has 5 atom stereocenters. The summed E-state index contributed by atoms with van der Waals surface area (Å²) >= 11 is 0. The maximum Gasteiger partial charge on any atom is 0.303 e. The van der Waals surface area contributed by atoms with Gasteiger partial charge in [0.1, 0.15) is 6.61 Å². The summed E-state index contributed by atoms with van der Waals surface area (Å²) < 4.78 is 0. The van der Waals surface area contributed by atoms with Gasteiger partial charge in [-0.3, -0.25) is 4.79 Å². The third-order valence-electron chi connectivity index (χ3n) is 5.28. The van der Waals surface area contributed by atoms with Gasteiger partial charge in [0.25, 0.3) is 0 Å². The minimum atomic E-state index is -0.837. The molecule has 0 spiro atoms. The highest BCUT2D eigenvalue weighted by molar-refractivity contribution is 5.93. The van der Waals surface area contributed by atoms with Gasteiger partial charge in [-0.05, 0) is 30.7 Å². The van der Waals surface area contributed by atoms with Crippen molar-refractivity contribution in [1.82, 2.24) is 0 Å². The van der Waals surface area contributed by atoms with E-state index >= 15 is 0 Å². The Labute approximate surface area is 152 Å². The van der Waals surface area contributed by atoms with Gasteiger partial charge in [-0.15, -0.1) is 0 Å². The van der Waals surface area contributed by atoms with Crippen LogP contribution in [0.2, 0.25) is 0 Å². The fraction of sp³-hybridized carbons (Fsp3) is 0.500. The first-order chi connectivity index (χ1) is 12.6. The molecule has 26 heavy (non-hydrogen) atoms. The number of benzene rings is 1. The molecule has 0 heterocycles. The Morgan fingerprint density at radius 1 is 1.35 bits per heavy atom. The van der Waals surface area contributed by atoms with Gasteiger partial charge in [0, 0.05) is 18.3 Å². The molecule has 6 heteroatoms. The van der Waals surface area contributed by atoms with E-state index in [2.05, 4.69) is 5.16 Å². The van der Waals surface area contributed by atoms with Crippen LogP contribution in [-0.2, 0) is 9.63 Å². The molecule has 1 aromatic rings. The van der Waals surface area contributed by atoms with Crippen LogP contribution in [-0.4, -0.2) is 39.7 Å². The molecule has 3 rings (SSSR count). The molecular formula is C20H25NO5. The SMILES string of the molecule is O=C(O)CCCON=C1C[C@H]2C(O)C(C=CC(O)c3ccccc3)C[C@H]12. The lowest BCUT2D eigenvalue weighted by molar-refractivity contribution is -0.137. The lowest BCUT2D eigenvalue weighted by atomic mass is 9.73. The topological polar surface area (TPSA) is 99.4 Å². The molecule has 0 aliphatic heterocycles. The first kappa shape index (κ1) is 18.6. The summed E-state index contributed by atoms with van der Waals surface area (Å²) in [6.07, 6.45) is 4.58. The molecule has 3 N–H and O–H groups in total. The van der Waals surface area contributed by atoms with Crippen LogP contribution in [0, 0.1) is 17.8 Å². The number of carboxylic acids is 1. The minimum Gasteiger partial charge on any atom is -0.481 e. The summed E-state index contributed by atoms with van der Waals surface area (Å²) in [5.41, 5.74) is 1.78. The summed E-state index contributed by atoms with van der Waals surface area (Å²) in [5.74, 6) is -0.424. The smallest absolute Gasteiger partial charge is 0.303 e. The van der Waals surface area contributed by atoms with E-state index in [4.69, 9.17) is 9.94 Å². The summed E-state index contributed by atoms with van der Waals surface area (Å²) in [6.45, 7) is 0.294. The zero-order valence-electron chi connectivity index (χ0n) is 14.6. The number of aliphatic hydroxyl groups excluding tert-OH is 2. The quantitative estimate of drug-likeness (QED) is 0.376. The van der Waals surface area contributed by atoms with E-state index in [0.717, 1.165) is 24.1 Å². The second-order valence-electron chi connectivity index (χ2n) is 7.02. The molecular weight excluding hydrogens is 334 g/mol. The highest BCUT2D eigenvalue weighted by atomic mass is 16.6. The van der Waals surface area contributed by atoms with Gasteiger partial charge >= 0.3 is 5.97 Å². The number of rotatable bonds is 8. The second-order valence-corrected chi connectivity index (χ2v) is 7.02. The molecule has 0 amide bonds. The Balaban J connectivity index is 1.49. The predicted octanol–water partition coefficient (Wildman–Crippen LogP) is 2.53. The predicted molar refractivity (Wildman–Crippen MR) is 96.5 cm³/mol. The van der Waals surface area contributed by atoms with Crippen molar-refractivity contribution >= 4 is 11.7 Å². The van der Waals surface area contributed by atoms with Gasteiger partial charge in [-0.2, -0.15) is 0 Å². The zero-order valence-corrected chi connectivity index (χ0v) is 14.6. The van der Waals surface area contributed by atoms with Gasteiger partial charge in [-0.25, -0.2) is 0 Å². The third-order valence-corrected chi connectivity index (χ3v) is 5.28. The van der Waals surface area contributed by atoms with Crippen molar-refractivity contribution in [3.8, 4) is 0 Å². The first-order valence-electron chi connectivity index (χ1n) is 9.06. The van der Waals surface area contributed by atoms with Crippen molar-refractivity contribution in [2.75, 3.05) is 6.61 Å². The molecule has 0 saturated heterocycles. The van der Waals surface area contributed by atoms with Gasteiger partial charge in [0.15, 0.2) is 0 Å². The number of oxime groups is 1. The van der Waals surface area contributed by atoms with Crippen LogP contribution in [0.3, 0.4) is 0 Å². The Morgan fingerprint density at radius 3 is 2.85 bits per heavy atom. The van der Waals surface area contributed by atoms with Crippen LogP contribution in [0.5, 0.6) is 0 Å². The van der Waals surface area contributed by atoms with Crippen molar-refractivity contribution in [1.29, 1.82) is 0 Å². The van der Waals surface area contributed by atoms with Crippen molar-refractivity contribution in [3.05, 3.63) is 48.0 Å². The maximum absolute atomic E-state index is 10.5. The van der Waals surface area contributed by atoms with E-state index < -0.39 is 18.2 Å². The molecule has 2 aliphatic carbocycles. The van der Waals surface area contributed by atoms with Gasteiger partial charge in [0.2, 0.25) is 0 Å². The van der Waals surface area contributed by atoms with E-state index in [1.54, 1.807) is 6.08 Å². The fourth-order valence-electron chi connectivity index (χ4n) is 3.76. The minimum absolute atomic E-state index is 0.00285. The van der Waals surface area contributed by atoms with Crippen LogP contribution in [0.4, 0.5) is 0 Å². The van der Waals surface area contributed by atoms with Crippen LogP contribution in [0.15, 0.2) is 47.6 Å².